The molecule has 0 saturated carbocycles. The van der Waals surface area contributed by atoms with E-state index in [9.17, 15) is 26.3 Å². The Balaban J connectivity index is 1.45. The highest BCUT2D eigenvalue weighted by Gasteiger charge is 2.34. The van der Waals surface area contributed by atoms with Crippen LogP contribution in [0.15, 0.2) is 127 Å². The molecule has 0 aliphatic heterocycles. The first-order valence-corrected chi connectivity index (χ1v) is 17.2. The molecule has 9 heteroatoms. The zero-order valence-electron chi connectivity index (χ0n) is 24.0. The second-order valence-corrected chi connectivity index (χ2v) is 15.0. The molecule has 1 aliphatic rings. The van der Waals surface area contributed by atoms with E-state index in [1.54, 1.807) is 0 Å². The van der Waals surface area contributed by atoms with Crippen molar-refractivity contribution in [1.29, 1.82) is 0 Å². The van der Waals surface area contributed by atoms with Gasteiger partial charge in [0.25, 0.3) is 0 Å². The summed E-state index contributed by atoms with van der Waals surface area (Å²) in [5.41, 5.74) is 0.852. The van der Waals surface area contributed by atoms with Crippen molar-refractivity contribution in [3.63, 3.8) is 0 Å². The molecule has 0 bridgehead atoms. The van der Waals surface area contributed by atoms with Gasteiger partial charge in [0.2, 0.25) is 0 Å². The fraction of sp³-hybridized carbons (Fsp3) is 0.167. The van der Waals surface area contributed by atoms with Gasteiger partial charge in [-0.2, -0.15) is 26.3 Å². The summed E-state index contributed by atoms with van der Waals surface area (Å²) in [6.07, 6.45) is -6.39. The maximum absolute atomic E-state index is 13.4. The summed E-state index contributed by atoms with van der Waals surface area (Å²) in [6.45, 7) is 0. The lowest BCUT2D eigenvalue weighted by atomic mass is 9.88. The summed E-state index contributed by atoms with van der Waals surface area (Å²) in [7, 11) is -2.45. The smallest absolute Gasteiger partial charge is 0.281 e. The van der Waals surface area contributed by atoms with Crippen LogP contribution >= 0.6 is 16.0 Å². The molecule has 0 saturated heterocycles. The Morgan fingerprint density at radius 2 is 1.02 bits per heavy atom. The van der Waals surface area contributed by atoms with Crippen molar-refractivity contribution in [2.45, 2.75) is 37.7 Å². The molecular formula is C36H29F6NP2. The van der Waals surface area contributed by atoms with Gasteiger partial charge in [0.15, 0.2) is 0 Å². The summed E-state index contributed by atoms with van der Waals surface area (Å²) >= 11 is 0. The first-order valence-electron chi connectivity index (χ1n) is 14.5. The SMILES string of the molecule is FC(F)(F)c1ccc(P(N[C@@H]2CCCc3cccc(P(c4ccccc4)c4ccccc4)c32)c2ccc(C(F)(F)F)cc2)cc1. The van der Waals surface area contributed by atoms with Gasteiger partial charge in [0, 0.05) is 14.1 Å². The summed E-state index contributed by atoms with van der Waals surface area (Å²) < 4.78 is 80.5. The summed E-state index contributed by atoms with van der Waals surface area (Å²) in [4.78, 5) is 0. The molecule has 1 nitrogen and oxygen atoms in total. The molecule has 0 unspecified atom stereocenters. The number of alkyl halides is 6. The van der Waals surface area contributed by atoms with Crippen LogP contribution in [0.25, 0.3) is 0 Å². The predicted octanol–water partition coefficient (Wildman–Crippen LogP) is 8.50. The third-order valence-corrected chi connectivity index (χ3v) is 12.6. The highest BCUT2D eigenvalue weighted by Crippen LogP contribution is 2.43. The van der Waals surface area contributed by atoms with E-state index in [4.69, 9.17) is 0 Å². The third kappa shape index (κ3) is 7.02. The van der Waals surface area contributed by atoms with E-state index < -0.39 is 39.5 Å². The fourth-order valence-corrected chi connectivity index (χ4v) is 10.5. The van der Waals surface area contributed by atoms with Crippen LogP contribution in [-0.2, 0) is 18.8 Å². The highest BCUT2D eigenvalue weighted by molar-refractivity contribution is 7.80. The van der Waals surface area contributed by atoms with Crippen LogP contribution in [0.3, 0.4) is 0 Å². The van der Waals surface area contributed by atoms with E-state index in [-0.39, 0.29) is 6.04 Å². The lowest BCUT2D eigenvalue weighted by Gasteiger charge is -2.35. The van der Waals surface area contributed by atoms with Crippen LogP contribution in [0.4, 0.5) is 26.3 Å². The van der Waals surface area contributed by atoms with E-state index in [0.717, 1.165) is 43.5 Å². The van der Waals surface area contributed by atoms with Crippen molar-refractivity contribution in [3.05, 3.63) is 150 Å². The summed E-state index contributed by atoms with van der Waals surface area (Å²) in [5.74, 6) is 0. The molecule has 0 aromatic heterocycles. The van der Waals surface area contributed by atoms with Gasteiger partial charge in [-0.05, 0) is 89.1 Å². The van der Waals surface area contributed by atoms with Crippen molar-refractivity contribution < 1.29 is 26.3 Å². The van der Waals surface area contributed by atoms with E-state index in [2.05, 4.69) is 47.6 Å². The average Bonchev–Trinajstić information content (AvgIpc) is 3.04. The van der Waals surface area contributed by atoms with E-state index in [1.807, 2.05) is 36.4 Å². The van der Waals surface area contributed by atoms with Crippen LogP contribution in [0, 0.1) is 0 Å². The Hall–Kier alpha value is -3.50. The summed E-state index contributed by atoms with van der Waals surface area (Å²) in [5, 5.41) is 8.58. The van der Waals surface area contributed by atoms with Crippen LogP contribution in [0.2, 0.25) is 0 Å². The van der Waals surface area contributed by atoms with Crippen molar-refractivity contribution >= 4 is 42.5 Å². The minimum absolute atomic E-state index is 0.155. The number of rotatable bonds is 7. The Morgan fingerprint density at radius 1 is 0.533 bits per heavy atom. The van der Waals surface area contributed by atoms with E-state index in [1.165, 1.54) is 51.3 Å². The van der Waals surface area contributed by atoms with Crippen LogP contribution in [0.5, 0.6) is 0 Å². The molecule has 0 radical (unpaired) electrons. The fourth-order valence-electron chi connectivity index (χ4n) is 5.82. The number of nitrogens with one attached hydrogen (secondary N) is 1. The van der Waals surface area contributed by atoms with Crippen molar-refractivity contribution in [3.8, 4) is 0 Å². The number of halogens is 6. The van der Waals surface area contributed by atoms with Crippen LogP contribution < -0.4 is 31.6 Å². The minimum Gasteiger partial charge on any atom is -0.281 e. The molecule has 5 aromatic carbocycles. The van der Waals surface area contributed by atoms with Crippen LogP contribution in [-0.4, -0.2) is 0 Å². The normalized spacial score (nSPS) is 15.3. The van der Waals surface area contributed by atoms with E-state index >= 15 is 0 Å². The van der Waals surface area contributed by atoms with Gasteiger partial charge in [0.1, 0.15) is 0 Å². The largest absolute Gasteiger partial charge is 0.416 e. The molecular weight excluding hydrogens is 622 g/mol. The molecule has 5 aromatic rings. The van der Waals surface area contributed by atoms with Crippen molar-refractivity contribution in [2.75, 3.05) is 0 Å². The molecule has 0 amide bonds. The second kappa shape index (κ2) is 13.1. The molecule has 1 N–H and O–H groups in total. The highest BCUT2D eigenvalue weighted by atomic mass is 31.1. The Kier molecular flexibility index (Phi) is 9.15. The number of aryl methyl sites for hydroxylation is 1. The quantitative estimate of drug-likeness (QED) is 0.138. The standard InChI is InChI=1S/C36H29F6NP2/c37-35(38,39)26-17-21-30(22-18-26)45(31-23-19-27(20-24-31)36(40,41)42)43-32-15-7-9-25-10-8-16-33(34(25)32)44(28-11-3-1-4-12-28)29-13-5-2-6-14-29/h1-6,8,10-14,16-24,32,43H,7,9,15H2/t32-/m1/s1. The molecule has 0 fully saturated rings. The number of hydrogen-bond acceptors (Lipinski definition) is 1. The molecule has 0 spiro atoms. The zero-order valence-corrected chi connectivity index (χ0v) is 25.8. The van der Waals surface area contributed by atoms with E-state index in [0.29, 0.717) is 10.6 Å². The molecule has 0 heterocycles. The average molecular weight is 652 g/mol. The van der Waals surface area contributed by atoms with Gasteiger partial charge in [-0.3, -0.25) is 5.09 Å². The first-order chi connectivity index (χ1) is 21.6. The van der Waals surface area contributed by atoms with Gasteiger partial charge in [0.05, 0.1) is 11.1 Å². The molecule has 1 aliphatic carbocycles. The van der Waals surface area contributed by atoms with Gasteiger partial charge in [-0.25, -0.2) is 0 Å². The second-order valence-electron chi connectivity index (χ2n) is 10.9. The lowest BCUT2D eigenvalue weighted by molar-refractivity contribution is -0.138. The first kappa shape index (κ1) is 31.5. The van der Waals surface area contributed by atoms with Crippen molar-refractivity contribution in [1.82, 2.24) is 5.09 Å². The maximum atomic E-state index is 13.4. The van der Waals surface area contributed by atoms with Crippen molar-refractivity contribution in [2.24, 2.45) is 0 Å². The van der Waals surface area contributed by atoms with Crippen LogP contribution in [0.1, 0.15) is 41.1 Å². The van der Waals surface area contributed by atoms with Gasteiger partial charge >= 0.3 is 12.4 Å². The number of fused-ring (bicyclic) bond motifs is 1. The topological polar surface area (TPSA) is 12.0 Å². The Bertz CT molecular complexity index is 1620. The zero-order chi connectivity index (χ0) is 31.6. The van der Waals surface area contributed by atoms with Gasteiger partial charge in [-0.1, -0.05) is 103 Å². The molecule has 1 atom stereocenters. The predicted molar refractivity (Wildman–Crippen MR) is 173 cm³/mol. The summed E-state index contributed by atoms with van der Waals surface area (Å²) in [6, 6.07) is 36.9. The number of hydrogen-bond donors (Lipinski definition) is 1. The lowest BCUT2D eigenvalue weighted by Crippen LogP contribution is -2.34. The molecule has 6 rings (SSSR count). The Morgan fingerprint density at radius 3 is 1.49 bits per heavy atom. The monoisotopic (exact) mass is 651 g/mol. The third-order valence-electron chi connectivity index (χ3n) is 7.92. The van der Waals surface area contributed by atoms with Gasteiger partial charge < -0.3 is 0 Å². The maximum Gasteiger partial charge on any atom is 0.416 e. The minimum atomic E-state index is -4.49. The molecule has 45 heavy (non-hydrogen) atoms. The van der Waals surface area contributed by atoms with Gasteiger partial charge in [-0.15, -0.1) is 0 Å². The number of benzene rings is 5. The Labute approximate surface area is 260 Å². The molecule has 230 valence electrons.